The number of aromatic amines is 1. The highest BCUT2D eigenvalue weighted by Crippen LogP contribution is 2.39. The molecule has 21 heavy (non-hydrogen) atoms. The van der Waals surface area contributed by atoms with E-state index in [9.17, 15) is 4.79 Å². The van der Waals surface area contributed by atoms with Crippen LogP contribution in [-0.4, -0.2) is 39.4 Å². The number of hydrogen-bond donors (Lipinski definition) is 1. The molecule has 0 bridgehead atoms. The van der Waals surface area contributed by atoms with E-state index in [-0.39, 0.29) is 5.12 Å². The van der Waals surface area contributed by atoms with Gasteiger partial charge in [-0.15, -0.1) is 0 Å². The molecule has 1 aromatic heterocycles. The molecule has 7 heteroatoms. The van der Waals surface area contributed by atoms with E-state index in [2.05, 4.69) is 10.2 Å². The average molecular weight is 308 g/mol. The van der Waals surface area contributed by atoms with Crippen molar-refractivity contribution in [3.8, 4) is 0 Å². The molecule has 0 radical (unpaired) electrons. The summed E-state index contributed by atoms with van der Waals surface area (Å²) in [5, 5.41) is 6.78. The topological polar surface area (TPSA) is 64.2 Å². The zero-order chi connectivity index (χ0) is 15.7. The summed E-state index contributed by atoms with van der Waals surface area (Å²) < 4.78 is 12.1. The molecule has 0 saturated carbocycles. The fourth-order valence-electron chi connectivity index (χ4n) is 1.91. The molecule has 2 rings (SSSR count). The van der Waals surface area contributed by atoms with Gasteiger partial charge in [0.05, 0.1) is 17.4 Å². The highest BCUT2D eigenvalue weighted by Gasteiger charge is 2.52. The van der Waals surface area contributed by atoms with Crippen LogP contribution in [0.3, 0.4) is 0 Å². The number of aromatic nitrogens is 2. The summed E-state index contributed by atoms with van der Waals surface area (Å²) in [7, 11) is -0.447. The fourth-order valence-corrected chi connectivity index (χ4v) is 2.50. The summed E-state index contributed by atoms with van der Waals surface area (Å²) in [4.78, 5) is 11.3. The second-order valence-electron chi connectivity index (χ2n) is 6.12. The molecule has 1 aromatic rings. The van der Waals surface area contributed by atoms with Gasteiger partial charge >= 0.3 is 7.12 Å². The second kappa shape index (κ2) is 5.98. The van der Waals surface area contributed by atoms with Gasteiger partial charge in [-0.05, 0) is 33.2 Å². The monoisotopic (exact) mass is 308 g/mol. The minimum absolute atomic E-state index is 0.0737. The standard InChI is InChI=1S/C14H21BN2O3S/c1-10(18)21-9-12(6-11-7-16-17-8-11)15-19-13(2,3)14(4,5)20-15/h6-8H,9H2,1-5H3,(H,16,17). The first kappa shape index (κ1) is 16.3. The Morgan fingerprint density at radius 2 is 2.00 bits per heavy atom. The van der Waals surface area contributed by atoms with Crippen molar-refractivity contribution < 1.29 is 14.1 Å². The van der Waals surface area contributed by atoms with Gasteiger partial charge in [0.25, 0.3) is 0 Å². The van der Waals surface area contributed by atoms with Crippen LogP contribution in [0.5, 0.6) is 0 Å². The molecule has 0 atom stereocenters. The summed E-state index contributed by atoms with van der Waals surface area (Å²) >= 11 is 1.25. The third-order valence-electron chi connectivity index (χ3n) is 3.87. The number of carbonyl (C=O) groups is 1. The van der Waals surface area contributed by atoms with E-state index < -0.39 is 18.3 Å². The number of H-pyrrole nitrogens is 1. The van der Waals surface area contributed by atoms with Crippen LogP contribution in [0, 0.1) is 0 Å². The van der Waals surface area contributed by atoms with E-state index in [1.165, 1.54) is 11.8 Å². The minimum Gasteiger partial charge on any atom is -0.400 e. The molecule has 2 heterocycles. The quantitative estimate of drug-likeness (QED) is 0.866. The first-order chi connectivity index (χ1) is 9.71. The van der Waals surface area contributed by atoms with Gasteiger partial charge in [0.15, 0.2) is 5.12 Å². The van der Waals surface area contributed by atoms with E-state index in [4.69, 9.17) is 9.31 Å². The molecule has 5 nitrogen and oxygen atoms in total. The van der Waals surface area contributed by atoms with Crippen molar-refractivity contribution in [2.45, 2.75) is 45.8 Å². The minimum atomic E-state index is -0.447. The average Bonchev–Trinajstić information content (AvgIpc) is 2.91. The first-order valence-electron chi connectivity index (χ1n) is 6.89. The number of nitrogens with one attached hydrogen (secondary N) is 1. The Morgan fingerprint density at radius 1 is 1.38 bits per heavy atom. The zero-order valence-electron chi connectivity index (χ0n) is 13.1. The molecule has 1 fully saturated rings. The van der Waals surface area contributed by atoms with Crippen molar-refractivity contribution in [1.82, 2.24) is 10.2 Å². The van der Waals surface area contributed by atoms with Gasteiger partial charge in [0.2, 0.25) is 0 Å². The SMILES string of the molecule is CC(=O)SCC(=Cc1cn[nH]c1)B1OC(C)(C)C(C)(C)O1. The third-order valence-corrected chi connectivity index (χ3v) is 4.75. The Balaban J connectivity index is 2.22. The lowest BCUT2D eigenvalue weighted by Crippen LogP contribution is -2.41. The Hall–Kier alpha value is -1.05. The van der Waals surface area contributed by atoms with Crippen LogP contribution >= 0.6 is 11.8 Å². The van der Waals surface area contributed by atoms with Crippen LogP contribution in [0.2, 0.25) is 0 Å². The summed E-state index contributed by atoms with van der Waals surface area (Å²) in [6.07, 6.45) is 5.48. The van der Waals surface area contributed by atoms with Crippen LogP contribution in [0.15, 0.2) is 17.9 Å². The van der Waals surface area contributed by atoms with Crippen molar-refractivity contribution in [3.63, 3.8) is 0 Å². The highest BCUT2D eigenvalue weighted by molar-refractivity contribution is 8.13. The molecule has 0 aromatic carbocycles. The van der Waals surface area contributed by atoms with Crippen molar-refractivity contribution in [2.24, 2.45) is 0 Å². The van der Waals surface area contributed by atoms with Gasteiger partial charge in [-0.2, -0.15) is 5.10 Å². The molecule has 1 aliphatic rings. The van der Waals surface area contributed by atoms with Gasteiger partial charge in [0, 0.05) is 24.4 Å². The van der Waals surface area contributed by atoms with Crippen LogP contribution in [0.25, 0.3) is 6.08 Å². The van der Waals surface area contributed by atoms with Gasteiger partial charge < -0.3 is 9.31 Å². The molecular weight excluding hydrogens is 287 g/mol. The van der Waals surface area contributed by atoms with E-state index in [0.717, 1.165) is 11.0 Å². The summed E-state index contributed by atoms with van der Waals surface area (Å²) in [6, 6.07) is 0. The molecule has 0 aliphatic carbocycles. The smallest absolute Gasteiger partial charge is 0.400 e. The molecule has 114 valence electrons. The number of nitrogens with zero attached hydrogens (tertiary/aromatic N) is 1. The molecule has 0 amide bonds. The van der Waals surface area contributed by atoms with Crippen LogP contribution in [0.4, 0.5) is 0 Å². The molecule has 1 saturated heterocycles. The van der Waals surface area contributed by atoms with Crippen molar-refractivity contribution in [2.75, 3.05) is 5.75 Å². The normalized spacial score (nSPS) is 20.8. The Kier molecular flexibility index (Phi) is 4.65. The van der Waals surface area contributed by atoms with Gasteiger partial charge in [-0.1, -0.05) is 17.8 Å². The van der Waals surface area contributed by atoms with Crippen molar-refractivity contribution in [3.05, 3.63) is 23.4 Å². The summed E-state index contributed by atoms with van der Waals surface area (Å²) in [5.41, 5.74) is 1.07. The number of thioether (sulfide) groups is 1. The number of carbonyl (C=O) groups excluding carboxylic acids is 1. The molecular formula is C14H21BN2O3S. The maximum absolute atomic E-state index is 11.3. The van der Waals surface area contributed by atoms with Crippen LogP contribution in [0.1, 0.15) is 40.2 Å². The zero-order valence-corrected chi connectivity index (χ0v) is 13.9. The van der Waals surface area contributed by atoms with E-state index >= 15 is 0 Å². The Morgan fingerprint density at radius 3 is 2.48 bits per heavy atom. The van der Waals surface area contributed by atoms with E-state index in [0.29, 0.717) is 5.75 Å². The fraction of sp³-hybridized carbons (Fsp3) is 0.571. The van der Waals surface area contributed by atoms with Gasteiger partial charge in [-0.3, -0.25) is 9.89 Å². The molecule has 0 unspecified atom stereocenters. The second-order valence-corrected chi connectivity index (χ2v) is 7.27. The first-order valence-corrected chi connectivity index (χ1v) is 7.88. The largest absolute Gasteiger partial charge is 0.491 e. The van der Waals surface area contributed by atoms with Crippen LogP contribution in [-0.2, 0) is 14.1 Å². The van der Waals surface area contributed by atoms with Crippen molar-refractivity contribution >= 4 is 30.1 Å². The summed E-state index contributed by atoms with van der Waals surface area (Å²) in [5.74, 6) is 0.539. The predicted octanol–water partition coefficient (Wildman–Crippen LogP) is 2.70. The lowest BCUT2D eigenvalue weighted by atomic mass is 9.78. The van der Waals surface area contributed by atoms with E-state index in [1.807, 2.05) is 33.8 Å². The van der Waals surface area contributed by atoms with Crippen molar-refractivity contribution in [1.29, 1.82) is 0 Å². The van der Waals surface area contributed by atoms with E-state index in [1.54, 1.807) is 19.3 Å². The lowest BCUT2D eigenvalue weighted by Gasteiger charge is -2.32. The highest BCUT2D eigenvalue weighted by atomic mass is 32.2. The van der Waals surface area contributed by atoms with Crippen LogP contribution < -0.4 is 0 Å². The molecule has 0 spiro atoms. The van der Waals surface area contributed by atoms with Gasteiger partial charge in [0.1, 0.15) is 0 Å². The third kappa shape index (κ3) is 3.78. The number of hydrogen-bond acceptors (Lipinski definition) is 5. The predicted molar refractivity (Wildman–Crippen MR) is 85.8 cm³/mol. The summed E-state index contributed by atoms with van der Waals surface area (Å²) in [6.45, 7) is 9.62. The maximum atomic E-state index is 11.3. The molecule has 1 aliphatic heterocycles. The molecule has 1 N–H and O–H groups in total. The number of rotatable bonds is 4. The Bertz CT molecular complexity index is 524. The van der Waals surface area contributed by atoms with Gasteiger partial charge in [-0.25, -0.2) is 0 Å². The Labute approximate surface area is 130 Å². The maximum Gasteiger partial charge on any atom is 0.491 e. The lowest BCUT2D eigenvalue weighted by molar-refractivity contribution is -0.109.